The van der Waals surface area contributed by atoms with Crippen molar-refractivity contribution in [1.82, 2.24) is 14.9 Å². The number of carbonyl (C=O) groups excluding carboxylic acids is 2. The lowest BCUT2D eigenvalue weighted by molar-refractivity contribution is 0.0789. The van der Waals surface area contributed by atoms with Crippen LogP contribution in [-0.4, -0.2) is 35.9 Å². The van der Waals surface area contributed by atoms with Crippen LogP contribution in [0.15, 0.2) is 36.7 Å². The fourth-order valence-corrected chi connectivity index (χ4v) is 4.51. The third-order valence-corrected chi connectivity index (χ3v) is 7.74. The number of halogens is 3. The standard InChI is InChI=1S/C26H27Cl2FN4O4Si/c1-16(34)19-9-17(12-30)10-20(11-19)37-24-21(27)6-5-18(22(24)29)13-31-26(35)23-25(28)32-14-33(23)15-36-7-8-38(2,3)4/h5-6,9-11,14H,7-8,13,15H2,1-4H3,(H,31,35). The number of ether oxygens (including phenoxy) is 2. The smallest absolute Gasteiger partial charge is 0.271 e. The van der Waals surface area contributed by atoms with Crippen molar-refractivity contribution in [2.45, 2.75) is 45.9 Å². The molecule has 3 aromatic rings. The number of Topliss-reactive ketones (excluding diaryl/α,β-unsaturated/α-hetero) is 1. The number of imidazole rings is 1. The summed E-state index contributed by atoms with van der Waals surface area (Å²) in [5, 5.41) is 11.8. The summed E-state index contributed by atoms with van der Waals surface area (Å²) in [6.45, 7) is 8.51. The molecule has 0 radical (unpaired) electrons. The van der Waals surface area contributed by atoms with Crippen molar-refractivity contribution in [2.24, 2.45) is 0 Å². The van der Waals surface area contributed by atoms with E-state index in [1.165, 1.54) is 48.1 Å². The van der Waals surface area contributed by atoms with Gasteiger partial charge in [-0.3, -0.25) is 9.59 Å². The number of nitriles is 1. The molecule has 0 atom stereocenters. The van der Waals surface area contributed by atoms with Crippen LogP contribution < -0.4 is 10.1 Å². The highest BCUT2D eigenvalue weighted by Gasteiger charge is 2.21. The molecular formula is C26H27Cl2FN4O4Si. The third kappa shape index (κ3) is 7.64. The van der Waals surface area contributed by atoms with Gasteiger partial charge in [0.1, 0.15) is 18.2 Å². The minimum atomic E-state index is -1.27. The lowest BCUT2D eigenvalue weighted by atomic mass is 10.1. The van der Waals surface area contributed by atoms with Crippen molar-refractivity contribution < 1.29 is 23.5 Å². The van der Waals surface area contributed by atoms with Crippen molar-refractivity contribution in [2.75, 3.05) is 6.61 Å². The molecule has 8 nitrogen and oxygen atoms in total. The Labute approximate surface area is 231 Å². The monoisotopic (exact) mass is 576 g/mol. The Morgan fingerprint density at radius 3 is 2.61 bits per heavy atom. The SMILES string of the molecule is CC(=O)c1cc(C#N)cc(Oc2c(Cl)ccc(CNC(=O)c3c(Cl)ncn3COCC[Si](C)(C)C)c2F)c1. The molecule has 200 valence electrons. The molecule has 1 aromatic heterocycles. The molecule has 1 amide bonds. The first kappa shape index (κ1) is 29.3. The molecule has 0 unspecified atom stereocenters. The first-order chi connectivity index (χ1) is 17.9. The Morgan fingerprint density at radius 2 is 1.95 bits per heavy atom. The molecule has 0 bridgehead atoms. The van der Waals surface area contributed by atoms with Crippen LogP contribution in [0.4, 0.5) is 4.39 Å². The lowest BCUT2D eigenvalue weighted by Gasteiger charge is -2.16. The van der Waals surface area contributed by atoms with E-state index in [2.05, 4.69) is 29.9 Å². The fourth-order valence-electron chi connectivity index (χ4n) is 3.33. The Morgan fingerprint density at radius 1 is 1.21 bits per heavy atom. The zero-order valence-electron chi connectivity index (χ0n) is 21.4. The van der Waals surface area contributed by atoms with Gasteiger partial charge in [-0.1, -0.05) is 48.9 Å². The Hall–Kier alpha value is -3.23. The highest BCUT2D eigenvalue weighted by molar-refractivity contribution is 6.76. The third-order valence-electron chi connectivity index (χ3n) is 5.47. The average molecular weight is 578 g/mol. The topological polar surface area (TPSA) is 106 Å². The maximum absolute atomic E-state index is 15.4. The molecular weight excluding hydrogens is 550 g/mol. The molecule has 3 rings (SSSR count). The molecule has 38 heavy (non-hydrogen) atoms. The summed E-state index contributed by atoms with van der Waals surface area (Å²) in [5.41, 5.74) is 0.590. The van der Waals surface area contributed by atoms with Crippen LogP contribution in [0.25, 0.3) is 0 Å². The zero-order valence-corrected chi connectivity index (χ0v) is 23.9. The van der Waals surface area contributed by atoms with Gasteiger partial charge in [0.15, 0.2) is 22.5 Å². The second-order valence-corrected chi connectivity index (χ2v) is 16.1. The number of nitrogens with one attached hydrogen (secondary N) is 1. The van der Waals surface area contributed by atoms with Crippen molar-refractivity contribution in [3.05, 3.63) is 75.0 Å². The first-order valence-corrected chi connectivity index (χ1v) is 16.1. The number of rotatable bonds is 11. The Bertz CT molecular complexity index is 1400. The van der Waals surface area contributed by atoms with Crippen LogP contribution in [-0.2, 0) is 18.0 Å². The van der Waals surface area contributed by atoms with E-state index < -0.39 is 19.8 Å². The summed E-state index contributed by atoms with van der Waals surface area (Å²) < 4.78 is 28.2. The van der Waals surface area contributed by atoms with E-state index in [1.54, 1.807) is 0 Å². The van der Waals surface area contributed by atoms with Gasteiger partial charge in [-0.15, -0.1) is 0 Å². The highest BCUT2D eigenvalue weighted by Crippen LogP contribution is 2.35. The summed E-state index contributed by atoms with van der Waals surface area (Å²) in [7, 11) is -1.27. The number of aromatic nitrogens is 2. The van der Waals surface area contributed by atoms with Gasteiger partial charge in [-0.2, -0.15) is 5.26 Å². The second kappa shape index (κ2) is 12.5. The molecule has 12 heteroatoms. The van der Waals surface area contributed by atoms with E-state index >= 15 is 4.39 Å². The van der Waals surface area contributed by atoms with Crippen molar-refractivity contribution in [3.63, 3.8) is 0 Å². The number of hydrogen-bond donors (Lipinski definition) is 1. The molecule has 0 saturated carbocycles. The van der Waals surface area contributed by atoms with E-state index in [-0.39, 0.29) is 63.1 Å². The molecule has 0 saturated heterocycles. The molecule has 0 aliphatic rings. The van der Waals surface area contributed by atoms with Crippen LogP contribution in [0.1, 0.15) is 38.9 Å². The Kier molecular flexibility index (Phi) is 9.68. The summed E-state index contributed by atoms with van der Waals surface area (Å²) >= 11 is 12.3. The number of carbonyl (C=O) groups is 2. The van der Waals surface area contributed by atoms with Gasteiger partial charge < -0.3 is 19.4 Å². The van der Waals surface area contributed by atoms with E-state index in [1.807, 2.05) is 6.07 Å². The van der Waals surface area contributed by atoms with Crippen molar-refractivity contribution in [1.29, 1.82) is 5.26 Å². The van der Waals surface area contributed by atoms with Crippen LogP contribution in [0.3, 0.4) is 0 Å². The normalized spacial score (nSPS) is 11.2. The van der Waals surface area contributed by atoms with E-state index in [0.717, 1.165) is 6.04 Å². The number of ketones is 1. The molecule has 2 aromatic carbocycles. The van der Waals surface area contributed by atoms with Crippen LogP contribution in [0.5, 0.6) is 11.5 Å². The number of hydrogen-bond acceptors (Lipinski definition) is 6. The van der Waals surface area contributed by atoms with Gasteiger partial charge in [-0.25, -0.2) is 9.37 Å². The molecule has 0 fully saturated rings. The van der Waals surface area contributed by atoms with Crippen LogP contribution in [0, 0.1) is 17.1 Å². The van der Waals surface area contributed by atoms with Gasteiger partial charge in [0.05, 0.1) is 23.0 Å². The highest BCUT2D eigenvalue weighted by atomic mass is 35.5. The number of nitrogens with zero attached hydrogens (tertiary/aromatic N) is 3. The van der Waals surface area contributed by atoms with Crippen LogP contribution >= 0.6 is 23.2 Å². The van der Waals surface area contributed by atoms with Crippen molar-refractivity contribution in [3.8, 4) is 17.6 Å². The summed E-state index contributed by atoms with van der Waals surface area (Å²) in [5.74, 6) is -1.89. The van der Waals surface area contributed by atoms with Gasteiger partial charge in [-0.05, 0) is 37.2 Å². The lowest BCUT2D eigenvalue weighted by Crippen LogP contribution is -2.27. The fraction of sp³-hybridized carbons (Fsp3) is 0.308. The maximum atomic E-state index is 15.4. The summed E-state index contributed by atoms with van der Waals surface area (Å²) in [6.07, 6.45) is 1.41. The summed E-state index contributed by atoms with van der Waals surface area (Å²) in [4.78, 5) is 28.7. The predicted octanol–water partition coefficient (Wildman–Crippen LogP) is 6.44. The van der Waals surface area contributed by atoms with Gasteiger partial charge in [0.2, 0.25) is 0 Å². The first-order valence-electron chi connectivity index (χ1n) is 11.7. The van der Waals surface area contributed by atoms with E-state index in [0.29, 0.717) is 6.61 Å². The summed E-state index contributed by atoms with van der Waals surface area (Å²) in [6, 6.07) is 9.90. The van der Waals surface area contributed by atoms with Crippen molar-refractivity contribution >= 4 is 43.0 Å². The largest absolute Gasteiger partial charge is 0.453 e. The van der Waals surface area contributed by atoms with Crippen LogP contribution in [0.2, 0.25) is 35.9 Å². The zero-order chi connectivity index (χ0) is 28.0. The number of benzene rings is 2. The van der Waals surface area contributed by atoms with Gasteiger partial charge in [0.25, 0.3) is 5.91 Å². The molecule has 0 spiro atoms. The quantitative estimate of drug-likeness (QED) is 0.160. The second-order valence-electron chi connectivity index (χ2n) is 9.75. The predicted molar refractivity (Wildman–Crippen MR) is 145 cm³/mol. The minimum Gasteiger partial charge on any atom is -0.453 e. The van der Waals surface area contributed by atoms with E-state index in [9.17, 15) is 14.9 Å². The number of amides is 1. The Balaban J connectivity index is 1.74. The molecule has 0 aliphatic heterocycles. The maximum Gasteiger partial charge on any atom is 0.271 e. The van der Waals surface area contributed by atoms with Gasteiger partial charge in [0, 0.05) is 32.4 Å². The van der Waals surface area contributed by atoms with Gasteiger partial charge >= 0.3 is 0 Å². The minimum absolute atomic E-state index is 0.00412. The molecule has 1 heterocycles. The average Bonchev–Trinajstić information content (AvgIpc) is 3.23. The van der Waals surface area contributed by atoms with E-state index in [4.69, 9.17) is 32.7 Å². The molecule has 1 N–H and O–H groups in total. The molecule has 0 aliphatic carbocycles.